The van der Waals surface area contributed by atoms with Crippen LogP contribution in [-0.4, -0.2) is 0 Å². The predicted molar refractivity (Wildman–Crippen MR) is 64.3 cm³/mol. The monoisotopic (exact) mass is 192 g/mol. The molecule has 1 aliphatic rings. The van der Waals surface area contributed by atoms with E-state index in [4.69, 9.17) is 0 Å². The molecule has 1 rings (SSSR count). The standard InChI is InChI=1S/C14H24/c1-5-7-14(6-2)12(4)11(3)10-13-8-9-13/h13-14H,3-10H2,1-2H3. The highest BCUT2D eigenvalue weighted by Gasteiger charge is 2.23. The molecule has 0 aromatic rings. The van der Waals surface area contributed by atoms with Crippen LogP contribution in [0.15, 0.2) is 24.3 Å². The number of hydrogen-bond donors (Lipinski definition) is 0. The molecule has 1 fully saturated rings. The van der Waals surface area contributed by atoms with E-state index < -0.39 is 0 Å². The molecular weight excluding hydrogens is 168 g/mol. The molecule has 1 atom stereocenters. The Bertz CT molecular complexity index is 208. The van der Waals surface area contributed by atoms with Crippen LogP contribution in [0, 0.1) is 11.8 Å². The van der Waals surface area contributed by atoms with E-state index in [-0.39, 0.29) is 0 Å². The summed E-state index contributed by atoms with van der Waals surface area (Å²) in [4.78, 5) is 0. The van der Waals surface area contributed by atoms with Gasteiger partial charge >= 0.3 is 0 Å². The fourth-order valence-electron chi connectivity index (χ4n) is 2.06. The Morgan fingerprint density at radius 2 is 1.93 bits per heavy atom. The highest BCUT2D eigenvalue weighted by Crippen LogP contribution is 2.38. The molecule has 0 spiro atoms. The van der Waals surface area contributed by atoms with Crippen molar-refractivity contribution in [3.63, 3.8) is 0 Å². The van der Waals surface area contributed by atoms with Crippen molar-refractivity contribution in [3.8, 4) is 0 Å². The Balaban J connectivity index is 2.38. The summed E-state index contributed by atoms with van der Waals surface area (Å²) in [6, 6.07) is 0. The van der Waals surface area contributed by atoms with Gasteiger partial charge in [0.25, 0.3) is 0 Å². The molecule has 0 nitrogen and oxygen atoms in total. The lowest BCUT2D eigenvalue weighted by Crippen LogP contribution is -2.04. The van der Waals surface area contributed by atoms with Crippen LogP contribution in [0.5, 0.6) is 0 Å². The minimum absolute atomic E-state index is 0.686. The highest BCUT2D eigenvalue weighted by molar-refractivity contribution is 5.28. The van der Waals surface area contributed by atoms with E-state index in [0.29, 0.717) is 5.92 Å². The molecule has 0 N–H and O–H groups in total. The lowest BCUT2D eigenvalue weighted by molar-refractivity contribution is 0.535. The Kier molecular flexibility index (Phi) is 4.44. The van der Waals surface area contributed by atoms with Gasteiger partial charge in [0.05, 0.1) is 0 Å². The maximum atomic E-state index is 4.23. The largest absolute Gasteiger partial charge is 0.0956 e. The van der Waals surface area contributed by atoms with Gasteiger partial charge in [-0.05, 0) is 49.5 Å². The Morgan fingerprint density at radius 3 is 2.36 bits per heavy atom. The Labute approximate surface area is 89.1 Å². The maximum Gasteiger partial charge on any atom is -0.0168 e. The van der Waals surface area contributed by atoms with Crippen molar-refractivity contribution in [2.24, 2.45) is 11.8 Å². The molecule has 1 aliphatic carbocycles. The molecule has 80 valence electrons. The summed E-state index contributed by atoms with van der Waals surface area (Å²) >= 11 is 0. The summed E-state index contributed by atoms with van der Waals surface area (Å²) in [5.74, 6) is 1.63. The van der Waals surface area contributed by atoms with Gasteiger partial charge in [-0.2, -0.15) is 0 Å². The predicted octanol–water partition coefficient (Wildman–Crippen LogP) is 4.73. The van der Waals surface area contributed by atoms with E-state index in [1.165, 1.54) is 49.7 Å². The van der Waals surface area contributed by atoms with E-state index in [2.05, 4.69) is 27.0 Å². The normalized spacial score (nSPS) is 17.9. The summed E-state index contributed by atoms with van der Waals surface area (Å²) in [5.41, 5.74) is 2.66. The summed E-state index contributed by atoms with van der Waals surface area (Å²) in [6.45, 7) is 12.9. The van der Waals surface area contributed by atoms with Crippen LogP contribution in [0.2, 0.25) is 0 Å². The first-order valence-corrected chi connectivity index (χ1v) is 6.05. The quantitative estimate of drug-likeness (QED) is 0.512. The number of hydrogen-bond acceptors (Lipinski definition) is 0. The van der Waals surface area contributed by atoms with Gasteiger partial charge in [0.2, 0.25) is 0 Å². The minimum Gasteiger partial charge on any atom is -0.0956 e. The third kappa shape index (κ3) is 3.32. The average Bonchev–Trinajstić information content (AvgIpc) is 2.96. The molecular formula is C14H24. The van der Waals surface area contributed by atoms with Crippen molar-refractivity contribution < 1.29 is 0 Å². The van der Waals surface area contributed by atoms with Gasteiger partial charge in [-0.15, -0.1) is 0 Å². The second-order valence-corrected chi connectivity index (χ2v) is 4.67. The smallest absolute Gasteiger partial charge is 0.0168 e. The molecule has 0 radical (unpaired) electrons. The van der Waals surface area contributed by atoms with E-state index in [9.17, 15) is 0 Å². The number of allylic oxidation sites excluding steroid dienone is 2. The van der Waals surface area contributed by atoms with E-state index >= 15 is 0 Å². The molecule has 0 amide bonds. The molecule has 0 saturated heterocycles. The van der Waals surface area contributed by atoms with Crippen molar-refractivity contribution in [1.82, 2.24) is 0 Å². The molecule has 0 heterocycles. The van der Waals surface area contributed by atoms with Crippen LogP contribution >= 0.6 is 0 Å². The van der Waals surface area contributed by atoms with E-state index in [1.54, 1.807) is 0 Å². The second-order valence-electron chi connectivity index (χ2n) is 4.67. The highest BCUT2D eigenvalue weighted by atomic mass is 14.3. The van der Waals surface area contributed by atoms with Crippen molar-refractivity contribution in [2.75, 3.05) is 0 Å². The Morgan fingerprint density at radius 1 is 1.29 bits per heavy atom. The van der Waals surface area contributed by atoms with Crippen LogP contribution < -0.4 is 0 Å². The summed E-state index contributed by atoms with van der Waals surface area (Å²) in [6.07, 6.45) is 7.79. The van der Waals surface area contributed by atoms with Crippen LogP contribution in [-0.2, 0) is 0 Å². The minimum atomic E-state index is 0.686. The fourth-order valence-corrected chi connectivity index (χ4v) is 2.06. The first-order chi connectivity index (χ1) is 6.69. The van der Waals surface area contributed by atoms with Gasteiger partial charge in [0.1, 0.15) is 0 Å². The zero-order valence-electron chi connectivity index (χ0n) is 9.81. The van der Waals surface area contributed by atoms with Crippen LogP contribution in [0.25, 0.3) is 0 Å². The molecule has 1 unspecified atom stereocenters. The third-order valence-corrected chi connectivity index (χ3v) is 3.31. The second kappa shape index (κ2) is 5.38. The van der Waals surface area contributed by atoms with Gasteiger partial charge < -0.3 is 0 Å². The topological polar surface area (TPSA) is 0 Å². The van der Waals surface area contributed by atoms with Gasteiger partial charge in [0.15, 0.2) is 0 Å². The molecule has 0 aromatic carbocycles. The summed E-state index contributed by atoms with van der Waals surface area (Å²) < 4.78 is 0. The zero-order chi connectivity index (χ0) is 10.6. The van der Waals surface area contributed by atoms with Gasteiger partial charge in [-0.1, -0.05) is 39.0 Å². The van der Waals surface area contributed by atoms with E-state index in [0.717, 1.165) is 5.92 Å². The zero-order valence-corrected chi connectivity index (χ0v) is 9.81. The molecule has 14 heavy (non-hydrogen) atoms. The molecule has 0 heteroatoms. The number of rotatable bonds is 7. The van der Waals surface area contributed by atoms with Gasteiger partial charge in [-0.25, -0.2) is 0 Å². The van der Waals surface area contributed by atoms with Crippen LogP contribution in [0.1, 0.15) is 52.4 Å². The summed E-state index contributed by atoms with van der Waals surface area (Å²) in [7, 11) is 0. The van der Waals surface area contributed by atoms with E-state index in [1.807, 2.05) is 0 Å². The summed E-state index contributed by atoms with van der Waals surface area (Å²) in [5, 5.41) is 0. The lowest BCUT2D eigenvalue weighted by Gasteiger charge is -2.19. The van der Waals surface area contributed by atoms with Crippen LogP contribution in [0.4, 0.5) is 0 Å². The van der Waals surface area contributed by atoms with Crippen molar-refractivity contribution >= 4 is 0 Å². The first-order valence-electron chi connectivity index (χ1n) is 6.05. The van der Waals surface area contributed by atoms with Crippen molar-refractivity contribution in [2.45, 2.75) is 52.4 Å². The first kappa shape index (κ1) is 11.6. The van der Waals surface area contributed by atoms with Gasteiger partial charge in [0, 0.05) is 0 Å². The lowest BCUT2D eigenvalue weighted by atomic mass is 9.87. The van der Waals surface area contributed by atoms with Gasteiger partial charge in [-0.3, -0.25) is 0 Å². The molecule has 0 aromatic heterocycles. The fraction of sp³-hybridized carbons (Fsp3) is 0.714. The average molecular weight is 192 g/mol. The molecule has 0 aliphatic heterocycles. The molecule has 1 saturated carbocycles. The SMILES string of the molecule is C=C(CC1CC1)C(=C)C(CC)CCC. The maximum absolute atomic E-state index is 4.23. The Hall–Kier alpha value is -0.520. The third-order valence-electron chi connectivity index (χ3n) is 3.31. The van der Waals surface area contributed by atoms with Crippen molar-refractivity contribution in [3.05, 3.63) is 24.3 Å². The van der Waals surface area contributed by atoms with Crippen LogP contribution in [0.3, 0.4) is 0 Å². The van der Waals surface area contributed by atoms with Crippen molar-refractivity contribution in [1.29, 1.82) is 0 Å². The molecule has 0 bridgehead atoms.